The summed E-state index contributed by atoms with van der Waals surface area (Å²) in [6.45, 7) is 5.41. The number of oxazole rings is 1. The highest BCUT2D eigenvalue weighted by molar-refractivity contribution is 5.92. The molecule has 1 aliphatic carbocycles. The Morgan fingerprint density at radius 1 is 1.21 bits per heavy atom. The van der Waals surface area contributed by atoms with Crippen molar-refractivity contribution in [1.82, 2.24) is 24.9 Å². The molecule has 1 aliphatic heterocycles. The molecular weight excluding hydrogens is 310 g/mol. The molecular formula is C16H21N5O3. The largest absolute Gasteiger partial charge is 0.436 e. The molecule has 1 saturated carbocycles. The van der Waals surface area contributed by atoms with Gasteiger partial charge < -0.3 is 13.8 Å². The minimum absolute atomic E-state index is 0.0907. The summed E-state index contributed by atoms with van der Waals surface area (Å²) in [4.78, 5) is 25.4. The van der Waals surface area contributed by atoms with Crippen molar-refractivity contribution >= 4 is 5.91 Å². The second-order valence-electron chi connectivity index (χ2n) is 6.66. The topological polar surface area (TPSA) is 88.5 Å². The lowest BCUT2D eigenvalue weighted by molar-refractivity contribution is 0.0460. The molecule has 2 fully saturated rings. The number of hydrogen-bond donors (Lipinski definition) is 0. The molecule has 2 aromatic rings. The van der Waals surface area contributed by atoms with Crippen LogP contribution in [0.3, 0.4) is 0 Å². The maximum absolute atomic E-state index is 12.7. The van der Waals surface area contributed by atoms with Gasteiger partial charge in [0.2, 0.25) is 11.7 Å². The molecule has 0 spiro atoms. The van der Waals surface area contributed by atoms with Gasteiger partial charge in [-0.05, 0) is 26.8 Å². The van der Waals surface area contributed by atoms with E-state index in [1.807, 2.05) is 7.05 Å². The van der Waals surface area contributed by atoms with Crippen LogP contribution in [-0.4, -0.2) is 57.5 Å². The van der Waals surface area contributed by atoms with E-state index in [1.165, 1.54) is 0 Å². The Balaban J connectivity index is 1.53. The molecule has 8 nitrogen and oxygen atoms in total. The summed E-state index contributed by atoms with van der Waals surface area (Å²) in [6.07, 6.45) is 2.27. The number of piperazine rings is 1. The quantitative estimate of drug-likeness (QED) is 0.845. The van der Waals surface area contributed by atoms with Crippen molar-refractivity contribution in [2.24, 2.45) is 0 Å². The summed E-state index contributed by atoms with van der Waals surface area (Å²) in [5.74, 6) is 2.53. The van der Waals surface area contributed by atoms with Crippen molar-refractivity contribution in [2.75, 3.05) is 26.7 Å². The maximum atomic E-state index is 12.7. The maximum Gasteiger partial charge on any atom is 0.291 e. The molecule has 0 radical (unpaired) electrons. The van der Waals surface area contributed by atoms with Crippen molar-refractivity contribution in [3.05, 3.63) is 29.1 Å². The Morgan fingerprint density at radius 2 is 2.00 bits per heavy atom. The summed E-state index contributed by atoms with van der Waals surface area (Å²) in [7, 11) is 2.01. The molecule has 4 rings (SSSR count). The van der Waals surface area contributed by atoms with Crippen LogP contribution in [-0.2, 0) is 0 Å². The SMILES string of the molecule is Cc1nc(C)c(C(=O)N2CCN(C)[C@H](c3nc(C4CC4)no3)C2)o1. The van der Waals surface area contributed by atoms with Crippen molar-refractivity contribution in [3.8, 4) is 0 Å². The first-order chi connectivity index (χ1) is 11.5. The first kappa shape index (κ1) is 15.3. The predicted octanol–water partition coefficient (Wildman–Crippen LogP) is 1.68. The van der Waals surface area contributed by atoms with E-state index < -0.39 is 0 Å². The Hall–Kier alpha value is -2.22. The molecule has 24 heavy (non-hydrogen) atoms. The molecule has 1 atom stereocenters. The molecule has 0 bridgehead atoms. The summed E-state index contributed by atoms with van der Waals surface area (Å²) in [5.41, 5.74) is 0.627. The Kier molecular flexibility index (Phi) is 3.64. The van der Waals surface area contributed by atoms with Gasteiger partial charge in [0.05, 0.1) is 5.69 Å². The Morgan fingerprint density at radius 3 is 2.67 bits per heavy atom. The predicted molar refractivity (Wildman–Crippen MR) is 83.5 cm³/mol. The molecule has 8 heteroatoms. The number of hydrogen-bond acceptors (Lipinski definition) is 7. The first-order valence-electron chi connectivity index (χ1n) is 8.30. The number of amides is 1. The summed E-state index contributed by atoms with van der Waals surface area (Å²) < 4.78 is 10.9. The summed E-state index contributed by atoms with van der Waals surface area (Å²) in [6, 6.07) is -0.0907. The lowest BCUT2D eigenvalue weighted by Crippen LogP contribution is -2.49. The second kappa shape index (κ2) is 5.70. The van der Waals surface area contributed by atoms with Crippen molar-refractivity contribution in [1.29, 1.82) is 0 Å². The second-order valence-corrected chi connectivity index (χ2v) is 6.66. The molecule has 2 aliphatic rings. The summed E-state index contributed by atoms with van der Waals surface area (Å²) >= 11 is 0. The normalized spacial score (nSPS) is 22.1. The number of rotatable bonds is 3. The Labute approximate surface area is 139 Å². The zero-order valence-electron chi connectivity index (χ0n) is 14.2. The van der Waals surface area contributed by atoms with Crippen LogP contribution in [0.5, 0.6) is 0 Å². The van der Waals surface area contributed by atoms with Crippen LogP contribution in [0.15, 0.2) is 8.94 Å². The van der Waals surface area contributed by atoms with Gasteiger partial charge in [0, 0.05) is 32.5 Å². The van der Waals surface area contributed by atoms with E-state index >= 15 is 0 Å². The van der Waals surface area contributed by atoms with Crippen LogP contribution in [0, 0.1) is 13.8 Å². The number of carbonyl (C=O) groups excluding carboxylic acids is 1. The van der Waals surface area contributed by atoms with E-state index in [1.54, 1.807) is 18.7 Å². The van der Waals surface area contributed by atoms with Gasteiger partial charge in [0.1, 0.15) is 6.04 Å². The first-order valence-corrected chi connectivity index (χ1v) is 8.30. The zero-order chi connectivity index (χ0) is 16.8. The van der Waals surface area contributed by atoms with Crippen molar-refractivity contribution in [2.45, 2.75) is 38.6 Å². The fourth-order valence-corrected chi connectivity index (χ4v) is 3.09. The van der Waals surface area contributed by atoms with E-state index in [9.17, 15) is 4.79 Å². The minimum Gasteiger partial charge on any atom is -0.436 e. The number of aromatic nitrogens is 3. The lowest BCUT2D eigenvalue weighted by Gasteiger charge is -2.37. The van der Waals surface area contributed by atoms with Gasteiger partial charge in [0.15, 0.2) is 11.7 Å². The third-order valence-electron chi connectivity index (χ3n) is 4.72. The highest BCUT2D eigenvalue weighted by Gasteiger charge is 2.36. The van der Waals surface area contributed by atoms with Crippen LogP contribution in [0.4, 0.5) is 0 Å². The van der Waals surface area contributed by atoms with Crippen molar-refractivity contribution in [3.63, 3.8) is 0 Å². The van der Waals surface area contributed by atoms with Crippen LogP contribution < -0.4 is 0 Å². The standard InChI is InChI=1S/C16H21N5O3/c1-9-13(23-10(2)17-9)16(22)21-7-6-20(3)12(8-21)15-18-14(19-24-15)11-4-5-11/h11-12H,4-8H2,1-3H3/t12-/m0/s1. The van der Waals surface area contributed by atoms with Gasteiger partial charge in [-0.15, -0.1) is 0 Å². The van der Waals surface area contributed by atoms with Crippen LogP contribution in [0.2, 0.25) is 0 Å². The molecule has 3 heterocycles. The van der Waals surface area contributed by atoms with Crippen LogP contribution in [0.25, 0.3) is 0 Å². The minimum atomic E-state index is -0.131. The van der Waals surface area contributed by atoms with Gasteiger partial charge in [-0.3, -0.25) is 9.69 Å². The van der Waals surface area contributed by atoms with E-state index in [4.69, 9.17) is 8.94 Å². The number of nitrogens with zero attached hydrogens (tertiary/aromatic N) is 5. The van der Waals surface area contributed by atoms with E-state index in [-0.39, 0.29) is 11.9 Å². The summed E-state index contributed by atoms with van der Waals surface area (Å²) in [5, 5.41) is 4.09. The highest BCUT2D eigenvalue weighted by Crippen LogP contribution is 2.38. The average Bonchev–Trinajstić information content (AvgIpc) is 3.19. The molecule has 1 saturated heterocycles. The zero-order valence-corrected chi connectivity index (χ0v) is 14.2. The van der Waals surface area contributed by atoms with Crippen molar-refractivity contribution < 1.29 is 13.7 Å². The number of aryl methyl sites for hydroxylation is 2. The molecule has 0 N–H and O–H groups in total. The average molecular weight is 331 g/mol. The monoisotopic (exact) mass is 331 g/mol. The molecule has 0 unspecified atom stereocenters. The fraction of sp³-hybridized carbons (Fsp3) is 0.625. The molecule has 128 valence electrons. The third kappa shape index (κ3) is 2.71. The van der Waals surface area contributed by atoms with E-state index in [0.29, 0.717) is 42.2 Å². The number of likely N-dealkylation sites (N-methyl/N-ethyl adjacent to an activating group) is 1. The number of carbonyl (C=O) groups is 1. The molecule has 1 amide bonds. The molecule has 0 aromatic carbocycles. The van der Waals surface area contributed by atoms with Gasteiger partial charge in [-0.25, -0.2) is 4.98 Å². The fourth-order valence-electron chi connectivity index (χ4n) is 3.09. The van der Waals surface area contributed by atoms with E-state index in [0.717, 1.165) is 25.2 Å². The van der Waals surface area contributed by atoms with Gasteiger partial charge in [0.25, 0.3) is 5.91 Å². The third-order valence-corrected chi connectivity index (χ3v) is 4.72. The van der Waals surface area contributed by atoms with Crippen LogP contribution in [0.1, 0.15) is 58.7 Å². The molecule has 2 aromatic heterocycles. The Bertz CT molecular complexity index is 764. The van der Waals surface area contributed by atoms with Crippen LogP contribution >= 0.6 is 0 Å². The highest BCUT2D eigenvalue weighted by atomic mass is 16.5. The van der Waals surface area contributed by atoms with Gasteiger partial charge in [-0.2, -0.15) is 4.98 Å². The smallest absolute Gasteiger partial charge is 0.291 e. The lowest BCUT2D eigenvalue weighted by atomic mass is 10.1. The van der Waals surface area contributed by atoms with E-state index in [2.05, 4.69) is 20.0 Å². The van der Waals surface area contributed by atoms with Gasteiger partial charge >= 0.3 is 0 Å². The van der Waals surface area contributed by atoms with Gasteiger partial charge in [-0.1, -0.05) is 5.16 Å².